The third-order valence-electron chi connectivity index (χ3n) is 7.98. The molecular weight excluding hydrogens is 486 g/mol. The van der Waals surface area contributed by atoms with E-state index >= 15 is 0 Å². The van der Waals surface area contributed by atoms with Crippen LogP contribution >= 0.6 is 0 Å². The molecule has 1 aromatic heterocycles. The molecular formula is C38H23NO. The predicted octanol–water partition coefficient (Wildman–Crippen LogP) is 10.5. The summed E-state index contributed by atoms with van der Waals surface area (Å²) in [7, 11) is 0. The van der Waals surface area contributed by atoms with Crippen molar-refractivity contribution in [1.29, 1.82) is 0 Å². The fraction of sp³-hybridized carbons (Fsp3) is 0. The molecule has 2 nitrogen and oxygen atoms in total. The van der Waals surface area contributed by atoms with Crippen LogP contribution in [0, 0.1) is 0 Å². The zero-order valence-electron chi connectivity index (χ0n) is 26.2. The molecule has 0 atom stereocenters. The Labute approximate surface area is 238 Å². The number of fused-ring (bicyclic) bond motifs is 7. The van der Waals surface area contributed by atoms with Crippen LogP contribution in [0.2, 0.25) is 0 Å². The molecule has 0 saturated carbocycles. The van der Waals surface area contributed by atoms with Gasteiger partial charge in [0, 0.05) is 38.4 Å². The predicted molar refractivity (Wildman–Crippen MR) is 167 cm³/mol. The maximum Gasteiger partial charge on any atom is 0.135 e. The number of nitrogens with zero attached hydrogens (tertiary/aromatic N) is 1. The Morgan fingerprint density at radius 1 is 0.475 bits per heavy atom. The maximum atomic E-state index is 9.41. The Morgan fingerprint density at radius 3 is 2.20 bits per heavy atom. The summed E-state index contributed by atoms with van der Waals surface area (Å²) in [5.41, 5.74) is 4.98. The molecule has 0 aliphatic carbocycles. The molecule has 0 fully saturated rings. The van der Waals surface area contributed by atoms with Crippen LogP contribution in [0.15, 0.2) is 139 Å². The molecule has 186 valence electrons. The Kier molecular flexibility index (Phi) is 3.49. The summed E-state index contributed by atoms with van der Waals surface area (Å²) in [6.07, 6.45) is 0. The fourth-order valence-corrected chi connectivity index (χ4v) is 6.28. The first kappa shape index (κ1) is 17.3. The highest BCUT2D eigenvalue weighted by atomic mass is 16.5. The third kappa shape index (κ3) is 2.88. The number of para-hydroxylation sites is 3. The fourth-order valence-electron chi connectivity index (χ4n) is 6.28. The first-order chi connectivity index (χ1) is 22.0. The summed E-state index contributed by atoms with van der Waals surface area (Å²) in [6, 6.07) is 35.2. The van der Waals surface area contributed by atoms with Gasteiger partial charge in [0.15, 0.2) is 0 Å². The van der Waals surface area contributed by atoms with E-state index < -0.39 is 0 Å². The van der Waals surface area contributed by atoms with E-state index in [0.29, 0.717) is 38.8 Å². The zero-order valence-corrected chi connectivity index (χ0v) is 21.2. The van der Waals surface area contributed by atoms with Gasteiger partial charge in [-0.15, -0.1) is 0 Å². The molecule has 1 aliphatic rings. The topological polar surface area (TPSA) is 14.2 Å². The van der Waals surface area contributed by atoms with Crippen molar-refractivity contribution in [2.45, 2.75) is 0 Å². The first-order valence-corrected chi connectivity index (χ1v) is 13.3. The highest BCUT2D eigenvalue weighted by Crippen LogP contribution is 2.49. The number of benzene rings is 7. The second-order valence-electron chi connectivity index (χ2n) is 10.1. The van der Waals surface area contributed by atoms with Gasteiger partial charge in [0.05, 0.1) is 17.9 Å². The summed E-state index contributed by atoms with van der Waals surface area (Å²) in [4.78, 5) is 0. The number of aromatic nitrogens is 1. The van der Waals surface area contributed by atoms with Gasteiger partial charge in [-0.3, -0.25) is 0 Å². The molecule has 0 N–H and O–H groups in total. The quantitative estimate of drug-likeness (QED) is 0.224. The normalized spacial score (nSPS) is 13.9. The van der Waals surface area contributed by atoms with Crippen molar-refractivity contribution in [3.8, 4) is 39.4 Å². The summed E-state index contributed by atoms with van der Waals surface area (Å²) in [6.45, 7) is 0. The minimum atomic E-state index is -0.222. The van der Waals surface area contributed by atoms with Gasteiger partial charge in [-0.05, 0) is 52.2 Å². The lowest BCUT2D eigenvalue weighted by atomic mass is 9.90. The van der Waals surface area contributed by atoms with Gasteiger partial charge in [-0.25, -0.2) is 0 Å². The van der Waals surface area contributed by atoms with E-state index in [9.17, 15) is 4.11 Å². The minimum Gasteiger partial charge on any atom is -0.456 e. The van der Waals surface area contributed by atoms with Gasteiger partial charge in [-0.1, -0.05) is 109 Å². The number of ether oxygens (including phenoxy) is 1. The summed E-state index contributed by atoms with van der Waals surface area (Å²) in [5, 5.41) is 4.99. The SMILES string of the molecule is [2H]c1c([2H])c2c3c(c([2H])c([2H])c(-c4cccc5c6ccc7ccccc7c6n(-c6ccccc6)c45)c3c1[2H])Oc1ccccc1-2. The molecule has 0 amide bonds. The van der Waals surface area contributed by atoms with Gasteiger partial charge < -0.3 is 9.30 Å². The van der Waals surface area contributed by atoms with Crippen LogP contribution in [0.3, 0.4) is 0 Å². The molecule has 0 bridgehead atoms. The molecule has 40 heavy (non-hydrogen) atoms. The average molecular weight is 515 g/mol. The van der Waals surface area contributed by atoms with Crippen LogP contribution in [-0.4, -0.2) is 4.57 Å². The van der Waals surface area contributed by atoms with E-state index in [1.807, 2.05) is 60.7 Å². The summed E-state index contributed by atoms with van der Waals surface area (Å²) in [5.74, 6) is 0.618. The molecule has 0 radical (unpaired) electrons. The van der Waals surface area contributed by atoms with Crippen molar-refractivity contribution in [2.24, 2.45) is 0 Å². The molecule has 2 heterocycles. The van der Waals surface area contributed by atoms with Gasteiger partial charge >= 0.3 is 0 Å². The van der Waals surface area contributed by atoms with E-state index in [-0.39, 0.29) is 36.0 Å². The summed E-state index contributed by atoms with van der Waals surface area (Å²) < 4.78 is 54.0. The second-order valence-corrected chi connectivity index (χ2v) is 10.1. The zero-order chi connectivity index (χ0) is 30.6. The molecule has 1 aliphatic heterocycles. The minimum absolute atomic E-state index is 0.0873. The molecule has 8 aromatic rings. The van der Waals surface area contributed by atoms with E-state index in [2.05, 4.69) is 47.0 Å². The van der Waals surface area contributed by atoms with E-state index in [0.717, 1.165) is 38.3 Å². The van der Waals surface area contributed by atoms with Crippen molar-refractivity contribution in [3.63, 3.8) is 0 Å². The van der Waals surface area contributed by atoms with Crippen LogP contribution in [0.4, 0.5) is 0 Å². The third-order valence-corrected chi connectivity index (χ3v) is 7.98. The van der Waals surface area contributed by atoms with Gasteiger partial charge in [0.25, 0.3) is 0 Å². The molecule has 0 unspecified atom stereocenters. The lowest BCUT2D eigenvalue weighted by Gasteiger charge is -2.22. The van der Waals surface area contributed by atoms with Crippen LogP contribution in [-0.2, 0) is 0 Å². The van der Waals surface area contributed by atoms with Crippen LogP contribution in [0.5, 0.6) is 11.5 Å². The number of rotatable bonds is 2. The van der Waals surface area contributed by atoms with Crippen molar-refractivity contribution in [1.82, 2.24) is 4.57 Å². The van der Waals surface area contributed by atoms with Gasteiger partial charge in [-0.2, -0.15) is 0 Å². The molecule has 7 aromatic carbocycles. The Hall–Kier alpha value is -5.34. The lowest BCUT2D eigenvalue weighted by Crippen LogP contribution is -1.99. The Morgan fingerprint density at radius 2 is 1.25 bits per heavy atom. The van der Waals surface area contributed by atoms with E-state index in [1.54, 1.807) is 6.07 Å². The maximum absolute atomic E-state index is 9.41. The van der Waals surface area contributed by atoms with E-state index in [1.165, 1.54) is 0 Å². The highest BCUT2D eigenvalue weighted by Gasteiger charge is 2.23. The van der Waals surface area contributed by atoms with E-state index in [4.69, 9.17) is 7.48 Å². The number of hydrogen-bond acceptors (Lipinski definition) is 1. The Bertz CT molecular complexity index is 2570. The highest BCUT2D eigenvalue weighted by molar-refractivity contribution is 6.22. The van der Waals surface area contributed by atoms with Crippen LogP contribution in [0.25, 0.3) is 71.3 Å². The average Bonchev–Trinajstić information content (AvgIpc) is 3.43. The first-order valence-electron chi connectivity index (χ1n) is 15.8. The summed E-state index contributed by atoms with van der Waals surface area (Å²) >= 11 is 0. The second kappa shape index (κ2) is 8.08. The van der Waals surface area contributed by atoms with Crippen LogP contribution in [0.1, 0.15) is 6.85 Å². The molecule has 0 spiro atoms. The van der Waals surface area contributed by atoms with Gasteiger partial charge in [0.2, 0.25) is 0 Å². The smallest absolute Gasteiger partial charge is 0.135 e. The van der Waals surface area contributed by atoms with Crippen LogP contribution < -0.4 is 4.74 Å². The monoisotopic (exact) mass is 514 g/mol. The molecule has 2 heteroatoms. The van der Waals surface area contributed by atoms with Crippen molar-refractivity contribution < 1.29 is 11.6 Å². The lowest BCUT2D eigenvalue weighted by molar-refractivity contribution is 0.487. The standard InChI is InChI=1S/C38H23NO/c1-2-11-25(12-3-1)39-37-26-13-5-4-10-24(26)20-21-33(37)32-18-9-17-31(38(32)39)27-22-23-35-36-29(27)15-8-16-30(36)28-14-6-7-19-34(28)40-35/h1-23H/i8D,15D,16D,22D,23D. The van der Waals surface area contributed by atoms with Crippen molar-refractivity contribution in [3.05, 3.63) is 139 Å². The van der Waals surface area contributed by atoms with Gasteiger partial charge in [0.1, 0.15) is 11.5 Å². The van der Waals surface area contributed by atoms with Crippen molar-refractivity contribution in [2.75, 3.05) is 0 Å². The Balaban J connectivity index is 1.53. The molecule has 9 rings (SSSR count). The van der Waals surface area contributed by atoms with Crippen molar-refractivity contribution >= 4 is 43.4 Å². The largest absolute Gasteiger partial charge is 0.456 e. The number of hydrogen-bond donors (Lipinski definition) is 0. The molecule has 0 saturated heterocycles.